The van der Waals surface area contributed by atoms with E-state index in [0.29, 0.717) is 0 Å². The van der Waals surface area contributed by atoms with Gasteiger partial charge in [-0.25, -0.2) is 9.59 Å². The van der Waals surface area contributed by atoms with E-state index in [4.69, 9.17) is 9.47 Å². The number of allylic oxidation sites excluding steroid dienone is 1. The lowest BCUT2D eigenvalue weighted by atomic mass is 9.89. The maximum Gasteiger partial charge on any atom is 0.348 e. The highest BCUT2D eigenvalue weighted by atomic mass is 16.6. The number of carbonyl (C=O) groups excluding carboxylic acids is 2. The third kappa shape index (κ3) is 1.79. The van der Waals surface area contributed by atoms with Crippen molar-refractivity contribution in [1.82, 2.24) is 0 Å². The summed E-state index contributed by atoms with van der Waals surface area (Å²) in [6.07, 6.45) is 5.60. The van der Waals surface area contributed by atoms with Crippen LogP contribution in [0.1, 0.15) is 12.8 Å². The summed E-state index contributed by atoms with van der Waals surface area (Å²) >= 11 is 0. The average Bonchev–Trinajstić information content (AvgIpc) is 2.55. The maximum absolute atomic E-state index is 11.4. The summed E-state index contributed by atoms with van der Waals surface area (Å²) < 4.78 is 10.1. The van der Waals surface area contributed by atoms with Gasteiger partial charge in [-0.15, -0.1) is 0 Å². The van der Waals surface area contributed by atoms with E-state index in [-0.39, 0.29) is 12.0 Å². The van der Waals surface area contributed by atoms with E-state index in [9.17, 15) is 9.59 Å². The van der Waals surface area contributed by atoms with Crippen LogP contribution in [0.25, 0.3) is 0 Å². The lowest BCUT2D eigenvalue weighted by Gasteiger charge is -2.20. The quantitative estimate of drug-likeness (QED) is 0.385. The molecule has 0 aromatic rings. The van der Waals surface area contributed by atoms with Crippen LogP contribution in [-0.4, -0.2) is 24.1 Å². The molecule has 1 aliphatic carbocycles. The minimum absolute atomic E-state index is 0.0357. The number of rotatable bonds is 2. The first kappa shape index (κ1) is 9.96. The van der Waals surface area contributed by atoms with Crippen molar-refractivity contribution < 1.29 is 19.1 Å². The molecule has 0 radical (unpaired) electrons. The van der Waals surface area contributed by atoms with Crippen LogP contribution in [0, 0.1) is 5.92 Å². The molecule has 0 amide bonds. The fourth-order valence-corrected chi connectivity index (χ4v) is 1.96. The number of hydrogen-bond acceptors (Lipinski definition) is 4. The molecule has 3 unspecified atom stereocenters. The summed E-state index contributed by atoms with van der Waals surface area (Å²) in [5.74, 6) is -1.06. The molecule has 1 fully saturated rings. The largest absolute Gasteiger partial charge is 0.455 e. The predicted octanol–water partition coefficient (Wildman–Crippen LogP) is 0.976. The first-order valence-electron chi connectivity index (χ1n) is 4.92. The Kier molecular flexibility index (Phi) is 2.58. The highest BCUT2D eigenvalue weighted by Gasteiger charge is 2.46. The number of fused-ring (bicyclic) bond motifs is 1. The van der Waals surface area contributed by atoms with Gasteiger partial charge in [0.25, 0.3) is 0 Å². The normalized spacial score (nSPS) is 33.1. The zero-order valence-corrected chi connectivity index (χ0v) is 8.22. The third-order valence-corrected chi connectivity index (χ3v) is 2.70. The molecule has 0 saturated carbocycles. The van der Waals surface area contributed by atoms with Gasteiger partial charge in [-0.1, -0.05) is 12.7 Å². The maximum atomic E-state index is 11.4. The zero-order chi connectivity index (χ0) is 10.8. The molecule has 4 heteroatoms. The summed E-state index contributed by atoms with van der Waals surface area (Å²) in [5, 5.41) is 0. The van der Waals surface area contributed by atoms with Crippen molar-refractivity contribution in [3.05, 3.63) is 24.8 Å². The first-order chi connectivity index (χ1) is 7.22. The van der Waals surface area contributed by atoms with E-state index in [2.05, 4.69) is 6.58 Å². The second kappa shape index (κ2) is 3.88. The molecule has 0 aromatic carbocycles. The van der Waals surface area contributed by atoms with E-state index in [1.54, 1.807) is 0 Å². The lowest BCUT2D eigenvalue weighted by molar-refractivity contribution is -0.158. The highest BCUT2D eigenvalue weighted by Crippen LogP contribution is 2.33. The Bertz CT molecular complexity index is 331. The van der Waals surface area contributed by atoms with E-state index in [1.807, 2.05) is 12.2 Å². The van der Waals surface area contributed by atoms with Gasteiger partial charge in [0.05, 0.1) is 0 Å². The summed E-state index contributed by atoms with van der Waals surface area (Å²) in [6, 6.07) is 0. The summed E-state index contributed by atoms with van der Waals surface area (Å²) in [4.78, 5) is 22.4. The van der Waals surface area contributed by atoms with Crippen LogP contribution in [0.3, 0.4) is 0 Å². The van der Waals surface area contributed by atoms with Crippen molar-refractivity contribution in [3.63, 3.8) is 0 Å². The van der Waals surface area contributed by atoms with Crippen molar-refractivity contribution in [1.29, 1.82) is 0 Å². The Morgan fingerprint density at radius 3 is 3.20 bits per heavy atom. The van der Waals surface area contributed by atoms with Crippen molar-refractivity contribution in [2.75, 3.05) is 0 Å². The molecule has 1 aliphatic heterocycles. The van der Waals surface area contributed by atoms with Crippen LogP contribution >= 0.6 is 0 Å². The van der Waals surface area contributed by atoms with Crippen LogP contribution in [0.5, 0.6) is 0 Å². The molecule has 1 saturated heterocycles. The Labute approximate surface area is 87.5 Å². The topological polar surface area (TPSA) is 52.6 Å². The number of hydrogen-bond donors (Lipinski definition) is 0. The smallest absolute Gasteiger partial charge is 0.348 e. The van der Waals surface area contributed by atoms with Crippen molar-refractivity contribution in [2.24, 2.45) is 5.92 Å². The molecule has 2 aliphatic rings. The van der Waals surface area contributed by atoms with Crippen molar-refractivity contribution >= 4 is 11.9 Å². The summed E-state index contributed by atoms with van der Waals surface area (Å²) in [5.41, 5.74) is 0. The molecular formula is C11H12O4. The Hall–Kier alpha value is -1.58. The van der Waals surface area contributed by atoms with Crippen molar-refractivity contribution in [3.8, 4) is 0 Å². The first-order valence-corrected chi connectivity index (χ1v) is 4.92. The highest BCUT2D eigenvalue weighted by molar-refractivity contribution is 5.86. The molecule has 15 heavy (non-hydrogen) atoms. The van der Waals surface area contributed by atoms with Crippen LogP contribution in [-0.2, 0) is 19.1 Å². The Balaban J connectivity index is 2.10. The Morgan fingerprint density at radius 1 is 1.67 bits per heavy atom. The van der Waals surface area contributed by atoms with E-state index >= 15 is 0 Å². The predicted molar refractivity (Wildman–Crippen MR) is 51.8 cm³/mol. The van der Waals surface area contributed by atoms with E-state index in [0.717, 1.165) is 18.9 Å². The minimum atomic E-state index is -0.759. The molecule has 0 N–H and O–H groups in total. The fraction of sp³-hybridized carbons (Fsp3) is 0.455. The van der Waals surface area contributed by atoms with E-state index < -0.39 is 18.0 Å². The SMILES string of the molecule is C=CC(=O)OC1C(=O)OC2C=CCCC21. The van der Waals surface area contributed by atoms with Crippen LogP contribution < -0.4 is 0 Å². The molecule has 0 bridgehead atoms. The third-order valence-electron chi connectivity index (χ3n) is 2.70. The van der Waals surface area contributed by atoms with Crippen LogP contribution in [0.15, 0.2) is 24.8 Å². The van der Waals surface area contributed by atoms with Gasteiger partial charge >= 0.3 is 11.9 Å². The van der Waals surface area contributed by atoms with Gasteiger partial charge in [0.15, 0.2) is 0 Å². The second-order valence-electron chi connectivity index (χ2n) is 3.63. The van der Waals surface area contributed by atoms with Gasteiger partial charge in [0.2, 0.25) is 6.10 Å². The van der Waals surface area contributed by atoms with Gasteiger partial charge in [-0.2, -0.15) is 0 Å². The van der Waals surface area contributed by atoms with Gasteiger partial charge in [0, 0.05) is 12.0 Å². The van der Waals surface area contributed by atoms with E-state index in [1.165, 1.54) is 0 Å². The van der Waals surface area contributed by atoms with Gasteiger partial charge in [0.1, 0.15) is 6.10 Å². The molecule has 2 rings (SSSR count). The Morgan fingerprint density at radius 2 is 2.47 bits per heavy atom. The molecule has 3 atom stereocenters. The zero-order valence-electron chi connectivity index (χ0n) is 8.22. The molecule has 80 valence electrons. The monoisotopic (exact) mass is 208 g/mol. The van der Waals surface area contributed by atoms with Gasteiger partial charge < -0.3 is 9.47 Å². The van der Waals surface area contributed by atoms with Crippen LogP contribution in [0.4, 0.5) is 0 Å². The molecular weight excluding hydrogens is 196 g/mol. The second-order valence-corrected chi connectivity index (χ2v) is 3.63. The van der Waals surface area contributed by atoms with Crippen LogP contribution in [0.2, 0.25) is 0 Å². The van der Waals surface area contributed by atoms with Gasteiger partial charge in [-0.05, 0) is 18.9 Å². The molecule has 0 spiro atoms. The number of carbonyl (C=O) groups is 2. The average molecular weight is 208 g/mol. The summed E-state index contributed by atoms with van der Waals surface area (Å²) in [7, 11) is 0. The standard InChI is InChI=1S/C11H12O4/c1-2-9(12)15-10-7-5-3-4-6-8(7)14-11(10)13/h2,4,6-8,10H,1,3,5H2. The molecule has 1 heterocycles. The summed E-state index contributed by atoms with van der Waals surface area (Å²) in [6.45, 7) is 3.29. The number of esters is 2. The number of ether oxygens (including phenoxy) is 2. The molecule has 0 aromatic heterocycles. The fourth-order valence-electron chi connectivity index (χ4n) is 1.96. The lowest BCUT2D eigenvalue weighted by Crippen LogP contribution is -2.30. The minimum Gasteiger partial charge on any atom is -0.455 e. The van der Waals surface area contributed by atoms with Crippen molar-refractivity contribution in [2.45, 2.75) is 25.0 Å². The van der Waals surface area contributed by atoms with Gasteiger partial charge in [-0.3, -0.25) is 0 Å². The molecule has 4 nitrogen and oxygen atoms in total.